The van der Waals surface area contributed by atoms with Gasteiger partial charge in [0.25, 0.3) is 0 Å². The van der Waals surface area contributed by atoms with Crippen LogP contribution in [0.2, 0.25) is 5.02 Å². The van der Waals surface area contributed by atoms with Crippen molar-refractivity contribution in [3.8, 4) is 22.6 Å². The molecule has 1 aliphatic heterocycles. The highest BCUT2D eigenvalue weighted by Crippen LogP contribution is 2.39. The van der Waals surface area contributed by atoms with E-state index in [1.54, 1.807) is 44.2 Å². The Labute approximate surface area is 225 Å². The maximum atomic E-state index is 13.1. The number of carboxylic acids is 1. The molecular weight excluding hydrogens is 508 g/mol. The van der Waals surface area contributed by atoms with E-state index in [9.17, 15) is 19.8 Å². The minimum atomic E-state index is -1.06. The van der Waals surface area contributed by atoms with Crippen LogP contribution in [0.1, 0.15) is 31.4 Å². The van der Waals surface area contributed by atoms with Crippen molar-refractivity contribution in [1.82, 2.24) is 0 Å². The second-order valence-electron chi connectivity index (χ2n) is 8.87. The lowest BCUT2D eigenvalue weighted by atomic mass is 10.0. The fourth-order valence-corrected chi connectivity index (χ4v) is 4.11. The van der Waals surface area contributed by atoms with Gasteiger partial charge in [0.1, 0.15) is 17.2 Å². The average Bonchev–Trinajstić information content (AvgIpc) is 3.17. The number of nitrogens with one attached hydrogen (secondary N) is 1. The number of carbonyl (C=O) groups is 2. The van der Waals surface area contributed by atoms with Gasteiger partial charge in [-0.2, -0.15) is 15.2 Å². The molecule has 0 saturated heterocycles. The lowest BCUT2D eigenvalue weighted by Gasteiger charge is -2.15. The van der Waals surface area contributed by atoms with Gasteiger partial charge in [-0.25, -0.2) is 4.79 Å². The Hall–Kier alpha value is -4.37. The fraction of sp³-hybridized carbons (Fsp3) is 0.214. The number of aliphatic carboxylic acids is 1. The van der Waals surface area contributed by atoms with Crippen LogP contribution in [-0.2, 0) is 9.59 Å². The van der Waals surface area contributed by atoms with Crippen LogP contribution in [-0.4, -0.2) is 39.6 Å². The Bertz CT molecular complexity index is 1480. The average molecular weight is 535 g/mol. The number of hydrogen-bond acceptors (Lipinski definition) is 7. The first-order valence-corrected chi connectivity index (χ1v) is 12.3. The topological polar surface area (TPSA) is 124 Å². The first-order chi connectivity index (χ1) is 18.1. The van der Waals surface area contributed by atoms with E-state index in [4.69, 9.17) is 16.3 Å². The van der Waals surface area contributed by atoms with Crippen LogP contribution in [0.3, 0.4) is 0 Å². The number of benzene rings is 3. The molecule has 1 amide bonds. The molecule has 1 atom stereocenters. The third-order valence-corrected chi connectivity index (χ3v) is 6.37. The van der Waals surface area contributed by atoms with E-state index in [0.29, 0.717) is 39.7 Å². The van der Waals surface area contributed by atoms with Gasteiger partial charge in [0.05, 0.1) is 11.4 Å². The van der Waals surface area contributed by atoms with E-state index in [0.717, 1.165) is 11.1 Å². The predicted molar refractivity (Wildman–Crippen MR) is 148 cm³/mol. The van der Waals surface area contributed by atoms with E-state index in [1.807, 2.05) is 32.0 Å². The molecule has 1 aliphatic rings. The Balaban J connectivity index is 1.61. The standard InChI is InChI=1S/C28H27ClN4O5/c1-5-24(28(36)37)38-21-8-6-7-18(12-21)22-13-19(29)14-23(26(22)34)30-31-25-17(4)32-33(27(25)35)20-10-9-15(2)16(3)11-20/h6-14,24,30,34H,5H2,1-4H3,(H,36,37)/b31-25-. The van der Waals surface area contributed by atoms with E-state index < -0.39 is 18.0 Å². The number of carbonyl (C=O) groups excluding carboxylic acids is 1. The van der Waals surface area contributed by atoms with Crippen molar-refractivity contribution in [3.63, 3.8) is 0 Å². The molecule has 0 aliphatic carbocycles. The number of rotatable bonds is 8. The number of aryl methyl sites for hydroxylation is 2. The molecule has 196 valence electrons. The molecule has 0 bridgehead atoms. The van der Waals surface area contributed by atoms with E-state index in [-0.39, 0.29) is 17.1 Å². The lowest BCUT2D eigenvalue weighted by Crippen LogP contribution is -2.28. The molecule has 9 nitrogen and oxygen atoms in total. The zero-order valence-electron chi connectivity index (χ0n) is 21.3. The molecule has 10 heteroatoms. The molecule has 3 N–H and O–H groups in total. The number of nitrogens with zero attached hydrogens (tertiary/aromatic N) is 3. The van der Waals surface area contributed by atoms with Gasteiger partial charge in [-0.15, -0.1) is 0 Å². The van der Waals surface area contributed by atoms with Gasteiger partial charge in [-0.1, -0.05) is 36.7 Å². The van der Waals surface area contributed by atoms with Crippen LogP contribution in [0, 0.1) is 13.8 Å². The summed E-state index contributed by atoms with van der Waals surface area (Å²) in [5.41, 5.74) is 7.12. The molecule has 3 aromatic carbocycles. The Kier molecular flexibility index (Phi) is 7.68. The SMILES string of the molecule is CCC(Oc1cccc(-c2cc(Cl)cc(N/N=C3\C(=O)N(c4ccc(C)c(C)c4)N=C3C)c2O)c1)C(=O)O. The summed E-state index contributed by atoms with van der Waals surface area (Å²) in [6.45, 7) is 7.34. The second-order valence-corrected chi connectivity index (χ2v) is 9.31. The zero-order valence-corrected chi connectivity index (χ0v) is 22.1. The molecular formula is C28H27ClN4O5. The number of phenolic OH excluding ortho intramolecular Hbond substituents is 1. The van der Waals surface area contributed by atoms with Gasteiger partial charge in [-0.3, -0.25) is 10.2 Å². The largest absolute Gasteiger partial charge is 0.505 e. The van der Waals surface area contributed by atoms with E-state index in [1.165, 1.54) is 11.1 Å². The monoisotopic (exact) mass is 534 g/mol. The van der Waals surface area contributed by atoms with Crippen LogP contribution >= 0.6 is 11.6 Å². The van der Waals surface area contributed by atoms with Gasteiger partial charge in [0.15, 0.2) is 11.8 Å². The van der Waals surface area contributed by atoms with Gasteiger partial charge in [0, 0.05) is 10.6 Å². The summed E-state index contributed by atoms with van der Waals surface area (Å²) < 4.78 is 5.58. The highest BCUT2D eigenvalue weighted by atomic mass is 35.5. The highest BCUT2D eigenvalue weighted by molar-refractivity contribution is 6.71. The van der Waals surface area contributed by atoms with Crippen molar-refractivity contribution in [2.75, 3.05) is 10.4 Å². The summed E-state index contributed by atoms with van der Waals surface area (Å²) in [5, 5.41) is 30.5. The lowest BCUT2D eigenvalue weighted by molar-refractivity contribution is -0.145. The van der Waals surface area contributed by atoms with Crippen LogP contribution in [0.15, 0.2) is 64.8 Å². The molecule has 0 radical (unpaired) electrons. The first kappa shape index (κ1) is 26.7. The van der Waals surface area contributed by atoms with Crippen molar-refractivity contribution in [2.45, 2.75) is 40.2 Å². The fourth-order valence-electron chi connectivity index (χ4n) is 3.89. The number of amides is 1. The highest BCUT2D eigenvalue weighted by Gasteiger charge is 2.31. The second kappa shape index (κ2) is 10.9. The summed E-state index contributed by atoms with van der Waals surface area (Å²) in [4.78, 5) is 24.4. The maximum absolute atomic E-state index is 13.1. The molecule has 0 fully saturated rings. The first-order valence-electron chi connectivity index (χ1n) is 11.9. The van der Waals surface area contributed by atoms with E-state index >= 15 is 0 Å². The molecule has 1 heterocycles. The number of halogens is 1. The quantitative estimate of drug-likeness (QED) is 0.249. The molecule has 38 heavy (non-hydrogen) atoms. The number of aromatic hydroxyl groups is 1. The summed E-state index contributed by atoms with van der Waals surface area (Å²) >= 11 is 6.34. The van der Waals surface area contributed by atoms with Crippen LogP contribution in [0.4, 0.5) is 11.4 Å². The number of hydrazone groups is 2. The van der Waals surface area contributed by atoms with Crippen LogP contribution in [0.5, 0.6) is 11.5 Å². The minimum absolute atomic E-state index is 0.0961. The van der Waals surface area contributed by atoms with Crippen LogP contribution in [0.25, 0.3) is 11.1 Å². The van der Waals surface area contributed by atoms with Crippen molar-refractivity contribution >= 4 is 46.3 Å². The van der Waals surface area contributed by atoms with Gasteiger partial charge in [-0.05, 0) is 80.3 Å². The molecule has 0 saturated carbocycles. The summed E-state index contributed by atoms with van der Waals surface area (Å²) in [7, 11) is 0. The normalized spacial score (nSPS) is 15.0. The van der Waals surface area contributed by atoms with Gasteiger partial charge >= 0.3 is 11.9 Å². The van der Waals surface area contributed by atoms with Crippen LogP contribution < -0.4 is 15.2 Å². The van der Waals surface area contributed by atoms with E-state index in [2.05, 4.69) is 15.6 Å². The Morgan fingerprint density at radius 1 is 1.13 bits per heavy atom. The third kappa shape index (κ3) is 5.47. The summed E-state index contributed by atoms with van der Waals surface area (Å²) in [6, 6.07) is 15.3. The van der Waals surface area contributed by atoms with Gasteiger partial charge < -0.3 is 14.9 Å². The molecule has 3 aromatic rings. The zero-order chi connectivity index (χ0) is 27.6. The molecule has 4 rings (SSSR count). The number of phenols is 1. The van der Waals surface area contributed by atoms with Crippen molar-refractivity contribution in [2.24, 2.45) is 10.2 Å². The smallest absolute Gasteiger partial charge is 0.344 e. The number of ether oxygens (including phenoxy) is 1. The number of carboxylic acid groups (broad SMARTS) is 1. The third-order valence-electron chi connectivity index (χ3n) is 6.16. The maximum Gasteiger partial charge on any atom is 0.344 e. The Morgan fingerprint density at radius 3 is 2.58 bits per heavy atom. The van der Waals surface area contributed by atoms with Crippen molar-refractivity contribution in [1.29, 1.82) is 0 Å². The predicted octanol–water partition coefficient (Wildman–Crippen LogP) is 5.76. The summed E-state index contributed by atoms with van der Waals surface area (Å²) in [5.74, 6) is -1.30. The van der Waals surface area contributed by atoms with Crippen molar-refractivity contribution in [3.05, 3.63) is 70.7 Å². The molecule has 0 spiro atoms. The Morgan fingerprint density at radius 2 is 1.89 bits per heavy atom. The van der Waals surface area contributed by atoms with Crippen molar-refractivity contribution < 1.29 is 24.5 Å². The molecule has 1 unspecified atom stereocenters. The minimum Gasteiger partial charge on any atom is -0.505 e. The number of hydrogen-bond donors (Lipinski definition) is 3. The molecule has 0 aromatic heterocycles. The summed E-state index contributed by atoms with van der Waals surface area (Å²) in [6.07, 6.45) is -0.706. The number of anilines is 2. The van der Waals surface area contributed by atoms with Gasteiger partial charge in [0.2, 0.25) is 0 Å².